The van der Waals surface area contributed by atoms with E-state index in [1.165, 1.54) is 18.2 Å². The van der Waals surface area contributed by atoms with Crippen LogP contribution in [0.2, 0.25) is 0 Å². The highest BCUT2D eigenvalue weighted by Crippen LogP contribution is 2.26. The van der Waals surface area contributed by atoms with Gasteiger partial charge < -0.3 is 15.5 Å². The second kappa shape index (κ2) is 8.94. The Morgan fingerprint density at radius 1 is 1.13 bits per heavy atom. The van der Waals surface area contributed by atoms with Gasteiger partial charge in [-0.05, 0) is 42.3 Å². The summed E-state index contributed by atoms with van der Waals surface area (Å²) in [5.74, 6) is -0.402. The number of benzene rings is 2. The molecule has 0 saturated carbocycles. The molecule has 0 amide bonds. The third kappa shape index (κ3) is 4.42. The Bertz CT molecular complexity index is 981. The number of nitrogens with one attached hydrogen (secondary N) is 2. The van der Waals surface area contributed by atoms with Crippen LogP contribution in [0.5, 0.6) is 0 Å². The maximum atomic E-state index is 14.0. The van der Waals surface area contributed by atoms with Crippen LogP contribution in [-0.4, -0.2) is 41.9 Å². The molecule has 8 heteroatoms. The van der Waals surface area contributed by atoms with E-state index in [1.807, 2.05) is 41.2 Å². The summed E-state index contributed by atoms with van der Waals surface area (Å²) in [6.07, 6.45) is 4.42. The van der Waals surface area contributed by atoms with Crippen LogP contribution in [-0.2, 0) is 6.54 Å². The van der Waals surface area contributed by atoms with Crippen molar-refractivity contribution in [1.29, 1.82) is 0 Å². The van der Waals surface area contributed by atoms with E-state index >= 15 is 0 Å². The minimum absolute atomic E-state index is 0.0435. The first-order valence-corrected chi connectivity index (χ1v) is 9.89. The molecule has 1 aromatic heterocycles. The van der Waals surface area contributed by atoms with Gasteiger partial charge in [0.1, 0.15) is 17.3 Å². The van der Waals surface area contributed by atoms with Gasteiger partial charge in [-0.25, -0.2) is 13.5 Å². The molecule has 0 bridgehead atoms. The SMILES string of the molecule is CN=C(NCc1ccc(-n2cccn2)cc1)NC1CCN(c2c(F)cccc2F)C1. The number of aliphatic imine (C=N–C) groups is 1. The highest BCUT2D eigenvalue weighted by Gasteiger charge is 2.27. The van der Waals surface area contributed by atoms with Gasteiger partial charge in [0.05, 0.1) is 5.69 Å². The fourth-order valence-electron chi connectivity index (χ4n) is 3.63. The summed E-state index contributed by atoms with van der Waals surface area (Å²) < 4.78 is 29.9. The molecule has 2 heterocycles. The first kappa shape index (κ1) is 19.9. The highest BCUT2D eigenvalue weighted by atomic mass is 19.1. The first-order chi connectivity index (χ1) is 14.6. The molecule has 2 N–H and O–H groups in total. The van der Waals surface area contributed by atoms with Crippen LogP contribution in [0.3, 0.4) is 0 Å². The molecule has 6 nitrogen and oxygen atoms in total. The van der Waals surface area contributed by atoms with Gasteiger partial charge in [-0.3, -0.25) is 4.99 Å². The van der Waals surface area contributed by atoms with Crippen LogP contribution < -0.4 is 15.5 Å². The summed E-state index contributed by atoms with van der Waals surface area (Å²) in [5, 5.41) is 10.9. The van der Waals surface area contributed by atoms with E-state index in [9.17, 15) is 8.78 Å². The average Bonchev–Trinajstić information content (AvgIpc) is 3.44. The Morgan fingerprint density at radius 2 is 1.90 bits per heavy atom. The average molecular weight is 410 g/mol. The van der Waals surface area contributed by atoms with Gasteiger partial charge >= 0.3 is 0 Å². The number of para-hydroxylation sites is 1. The molecule has 156 valence electrons. The van der Waals surface area contributed by atoms with Crippen LogP contribution in [0, 0.1) is 11.6 Å². The molecule has 0 aliphatic carbocycles. The van der Waals surface area contributed by atoms with Crippen molar-refractivity contribution in [3.05, 3.63) is 78.1 Å². The van der Waals surface area contributed by atoms with Crippen molar-refractivity contribution < 1.29 is 8.78 Å². The summed E-state index contributed by atoms with van der Waals surface area (Å²) >= 11 is 0. The number of guanidine groups is 1. The molecule has 1 aliphatic heterocycles. The smallest absolute Gasteiger partial charge is 0.191 e. The van der Waals surface area contributed by atoms with Gasteiger partial charge in [0.15, 0.2) is 5.96 Å². The molecule has 1 aliphatic rings. The van der Waals surface area contributed by atoms with Crippen molar-refractivity contribution in [2.75, 3.05) is 25.0 Å². The number of anilines is 1. The summed E-state index contributed by atoms with van der Waals surface area (Å²) in [6, 6.07) is 14.0. The number of nitrogens with zero attached hydrogens (tertiary/aromatic N) is 4. The molecule has 1 saturated heterocycles. The van der Waals surface area contributed by atoms with Gasteiger partial charge in [-0.2, -0.15) is 5.10 Å². The lowest BCUT2D eigenvalue weighted by Gasteiger charge is -2.21. The highest BCUT2D eigenvalue weighted by molar-refractivity contribution is 5.80. The number of aromatic nitrogens is 2. The third-order valence-corrected chi connectivity index (χ3v) is 5.17. The molecule has 30 heavy (non-hydrogen) atoms. The fourth-order valence-corrected chi connectivity index (χ4v) is 3.63. The van der Waals surface area contributed by atoms with Crippen LogP contribution in [0.4, 0.5) is 14.5 Å². The van der Waals surface area contributed by atoms with Gasteiger partial charge in [-0.15, -0.1) is 0 Å². The predicted octanol–water partition coefficient (Wildman–Crippen LogP) is 3.09. The van der Waals surface area contributed by atoms with E-state index in [4.69, 9.17) is 0 Å². The Balaban J connectivity index is 1.31. The second-order valence-electron chi connectivity index (χ2n) is 7.19. The van der Waals surface area contributed by atoms with Crippen LogP contribution in [0.1, 0.15) is 12.0 Å². The van der Waals surface area contributed by atoms with E-state index in [1.54, 1.807) is 18.1 Å². The molecule has 1 unspecified atom stereocenters. The lowest BCUT2D eigenvalue weighted by molar-refractivity contribution is 0.576. The summed E-state index contributed by atoms with van der Waals surface area (Å²) in [4.78, 5) is 6.01. The minimum Gasteiger partial charge on any atom is -0.365 e. The zero-order valence-electron chi connectivity index (χ0n) is 16.7. The van der Waals surface area contributed by atoms with E-state index in [2.05, 4.69) is 20.7 Å². The second-order valence-corrected chi connectivity index (χ2v) is 7.19. The maximum Gasteiger partial charge on any atom is 0.191 e. The normalized spacial score (nSPS) is 16.7. The van der Waals surface area contributed by atoms with Crippen molar-refractivity contribution in [2.45, 2.75) is 19.0 Å². The largest absolute Gasteiger partial charge is 0.365 e. The quantitative estimate of drug-likeness (QED) is 0.501. The molecule has 1 fully saturated rings. The van der Waals surface area contributed by atoms with Crippen molar-refractivity contribution in [3.8, 4) is 5.69 Å². The molecular weight excluding hydrogens is 386 g/mol. The molecule has 1 atom stereocenters. The van der Waals surface area contributed by atoms with Crippen molar-refractivity contribution in [3.63, 3.8) is 0 Å². The summed E-state index contributed by atoms with van der Waals surface area (Å²) in [5.41, 5.74) is 2.15. The summed E-state index contributed by atoms with van der Waals surface area (Å²) in [7, 11) is 1.71. The van der Waals surface area contributed by atoms with Gasteiger partial charge in [-0.1, -0.05) is 18.2 Å². The lowest BCUT2D eigenvalue weighted by atomic mass is 10.2. The standard InChI is InChI=1S/C22H24F2N6/c1-25-22(26-14-16-6-8-18(9-7-16)30-12-3-11-27-30)28-17-10-13-29(15-17)21-19(23)4-2-5-20(21)24/h2-9,11-12,17H,10,13-15H2,1H3,(H2,25,26,28). The number of hydrogen-bond donors (Lipinski definition) is 2. The van der Waals surface area contributed by atoms with E-state index in [0.29, 0.717) is 25.6 Å². The minimum atomic E-state index is -0.531. The van der Waals surface area contributed by atoms with E-state index in [-0.39, 0.29) is 11.7 Å². The van der Waals surface area contributed by atoms with Gasteiger partial charge in [0.25, 0.3) is 0 Å². The van der Waals surface area contributed by atoms with Crippen LogP contribution in [0.15, 0.2) is 65.9 Å². The monoisotopic (exact) mass is 410 g/mol. The Kier molecular flexibility index (Phi) is 5.92. The Morgan fingerprint density at radius 3 is 2.57 bits per heavy atom. The van der Waals surface area contributed by atoms with Crippen molar-refractivity contribution in [2.24, 2.45) is 4.99 Å². The zero-order valence-corrected chi connectivity index (χ0v) is 16.7. The van der Waals surface area contributed by atoms with Crippen molar-refractivity contribution in [1.82, 2.24) is 20.4 Å². The van der Waals surface area contributed by atoms with Gasteiger partial charge in [0.2, 0.25) is 0 Å². The van der Waals surface area contributed by atoms with E-state index in [0.717, 1.165) is 17.7 Å². The van der Waals surface area contributed by atoms with Crippen LogP contribution >= 0.6 is 0 Å². The van der Waals surface area contributed by atoms with Gasteiger partial charge in [0, 0.05) is 45.1 Å². The Hall–Kier alpha value is -3.42. The maximum absolute atomic E-state index is 14.0. The predicted molar refractivity (Wildman–Crippen MR) is 114 cm³/mol. The number of rotatable bonds is 5. The first-order valence-electron chi connectivity index (χ1n) is 9.89. The third-order valence-electron chi connectivity index (χ3n) is 5.17. The molecule has 0 spiro atoms. The number of halogens is 2. The molecule has 3 aromatic rings. The Labute approximate surface area is 174 Å². The molecule has 4 rings (SSSR count). The van der Waals surface area contributed by atoms with Crippen molar-refractivity contribution >= 4 is 11.6 Å². The fraction of sp³-hybridized carbons (Fsp3) is 0.273. The topological polar surface area (TPSA) is 57.5 Å². The van der Waals surface area contributed by atoms with Crippen LogP contribution in [0.25, 0.3) is 5.69 Å². The number of hydrogen-bond acceptors (Lipinski definition) is 3. The molecular formula is C22H24F2N6. The zero-order chi connectivity index (χ0) is 20.9. The lowest BCUT2D eigenvalue weighted by Crippen LogP contribution is -2.44. The molecule has 0 radical (unpaired) electrons. The molecule has 2 aromatic carbocycles. The summed E-state index contributed by atoms with van der Waals surface area (Å²) in [6.45, 7) is 1.70. The van der Waals surface area contributed by atoms with E-state index < -0.39 is 11.6 Å².